The van der Waals surface area contributed by atoms with Gasteiger partial charge in [-0.25, -0.2) is 0 Å². The molecule has 2 aromatic heterocycles. The molecule has 8 aromatic rings. The van der Waals surface area contributed by atoms with Crippen molar-refractivity contribution in [2.24, 2.45) is 0 Å². The first-order valence-corrected chi connectivity index (χ1v) is 15.0. The Morgan fingerprint density at radius 1 is 0.357 bits per heavy atom. The third-order valence-electron chi connectivity index (χ3n) is 8.94. The van der Waals surface area contributed by atoms with Crippen LogP contribution in [0.1, 0.15) is 13.8 Å². The van der Waals surface area contributed by atoms with Gasteiger partial charge in [0.25, 0.3) is 0 Å². The molecule has 2 heteroatoms. The molecule has 0 N–H and O–H groups in total. The van der Waals surface area contributed by atoms with Crippen molar-refractivity contribution in [3.63, 3.8) is 0 Å². The maximum absolute atomic E-state index is 2.45. The number of nitrogens with zero attached hydrogens (tertiary/aromatic N) is 2. The first-order chi connectivity index (χ1) is 20.8. The minimum absolute atomic E-state index is 0.943. The summed E-state index contributed by atoms with van der Waals surface area (Å²) in [5.74, 6) is 0. The van der Waals surface area contributed by atoms with Gasteiger partial charge in [0.1, 0.15) is 0 Å². The van der Waals surface area contributed by atoms with E-state index in [4.69, 9.17) is 0 Å². The van der Waals surface area contributed by atoms with Crippen molar-refractivity contribution >= 4 is 43.6 Å². The van der Waals surface area contributed by atoms with Gasteiger partial charge in [0.15, 0.2) is 0 Å². The summed E-state index contributed by atoms with van der Waals surface area (Å²) >= 11 is 0. The maximum atomic E-state index is 2.45. The number of rotatable bonds is 5. The third kappa shape index (κ3) is 3.65. The minimum atomic E-state index is 0.943. The van der Waals surface area contributed by atoms with E-state index >= 15 is 0 Å². The Morgan fingerprint density at radius 3 is 1.12 bits per heavy atom. The standard InChI is InChI=1S/C40H32N2/c1-3-41-37-17-7-5-11-33(37)35-15-9-13-31(39(35)41)29-23-19-27(20-24-29)28-21-25-30(26-22-28)32-14-10-16-36-34-12-6-8-18-38(34)42(4-2)40(32)36/h5-26H,3-4H2,1-2H3. The Balaban J connectivity index is 1.17. The van der Waals surface area contributed by atoms with Crippen LogP contribution in [0.3, 0.4) is 0 Å². The zero-order valence-corrected chi connectivity index (χ0v) is 24.0. The predicted molar refractivity (Wildman–Crippen MR) is 180 cm³/mol. The molecular formula is C40H32N2. The van der Waals surface area contributed by atoms with Crippen LogP contribution < -0.4 is 0 Å². The lowest BCUT2D eigenvalue weighted by atomic mass is 9.96. The lowest BCUT2D eigenvalue weighted by Crippen LogP contribution is -1.95. The van der Waals surface area contributed by atoms with E-state index in [9.17, 15) is 0 Å². The first kappa shape index (κ1) is 24.7. The van der Waals surface area contributed by atoms with Gasteiger partial charge >= 0.3 is 0 Å². The smallest absolute Gasteiger partial charge is 0.0570 e. The van der Waals surface area contributed by atoms with Crippen LogP contribution in [0.2, 0.25) is 0 Å². The number of fused-ring (bicyclic) bond motifs is 6. The van der Waals surface area contributed by atoms with Crippen molar-refractivity contribution in [3.05, 3.63) is 133 Å². The molecule has 0 spiro atoms. The molecule has 0 saturated carbocycles. The fraction of sp³-hybridized carbons (Fsp3) is 0.100. The predicted octanol–water partition coefficient (Wildman–Crippen LogP) is 10.9. The molecule has 0 atom stereocenters. The molecule has 2 heterocycles. The zero-order chi connectivity index (χ0) is 28.2. The summed E-state index contributed by atoms with van der Waals surface area (Å²) in [7, 11) is 0. The number of benzene rings is 6. The molecule has 0 aliphatic heterocycles. The van der Waals surface area contributed by atoms with E-state index < -0.39 is 0 Å². The molecule has 6 aromatic carbocycles. The molecule has 0 aliphatic carbocycles. The van der Waals surface area contributed by atoms with Crippen molar-refractivity contribution in [2.45, 2.75) is 26.9 Å². The number of para-hydroxylation sites is 4. The van der Waals surface area contributed by atoms with Gasteiger partial charge in [0.05, 0.1) is 11.0 Å². The molecule has 202 valence electrons. The molecule has 42 heavy (non-hydrogen) atoms. The number of hydrogen-bond donors (Lipinski definition) is 0. The second-order valence-corrected chi connectivity index (χ2v) is 11.1. The Labute approximate surface area is 246 Å². The molecule has 0 fully saturated rings. The Hall–Kier alpha value is -5.08. The lowest BCUT2D eigenvalue weighted by molar-refractivity contribution is 0.828. The molecule has 8 rings (SSSR count). The van der Waals surface area contributed by atoms with E-state index in [1.807, 2.05) is 0 Å². The molecule has 0 saturated heterocycles. The van der Waals surface area contributed by atoms with Gasteiger partial charge in [-0.2, -0.15) is 0 Å². The van der Waals surface area contributed by atoms with E-state index in [0.29, 0.717) is 0 Å². The van der Waals surface area contributed by atoms with Crippen LogP contribution in [0.4, 0.5) is 0 Å². The van der Waals surface area contributed by atoms with Crippen molar-refractivity contribution in [2.75, 3.05) is 0 Å². The largest absolute Gasteiger partial charge is 0.340 e. The van der Waals surface area contributed by atoms with E-state index in [1.165, 1.54) is 77.0 Å². The average Bonchev–Trinajstić information content (AvgIpc) is 3.57. The van der Waals surface area contributed by atoms with Crippen LogP contribution in [0.15, 0.2) is 133 Å². The van der Waals surface area contributed by atoms with E-state index in [0.717, 1.165) is 13.1 Å². The van der Waals surface area contributed by atoms with Crippen LogP contribution in [0.25, 0.3) is 77.0 Å². The molecule has 0 unspecified atom stereocenters. The highest BCUT2D eigenvalue weighted by Gasteiger charge is 2.15. The van der Waals surface area contributed by atoms with Crippen molar-refractivity contribution in [3.8, 4) is 33.4 Å². The van der Waals surface area contributed by atoms with Gasteiger partial charge in [-0.15, -0.1) is 0 Å². The van der Waals surface area contributed by atoms with E-state index in [-0.39, 0.29) is 0 Å². The summed E-state index contributed by atoms with van der Waals surface area (Å²) < 4.78 is 4.90. The summed E-state index contributed by atoms with van der Waals surface area (Å²) in [6.45, 7) is 6.35. The highest BCUT2D eigenvalue weighted by Crippen LogP contribution is 2.38. The number of hydrogen-bond acceptors (Lipinski definition) is 0. The summed E-state index contributed by atoms with van der Waals surface area (Å²) in [4.78, 5) is 0. The minimum Gasteiger partial charge on any atom is -0.340 e. The van der Waals surface area contributed by atoms with Gasteiger partial charge < -0.3 is 9.13 Å². The second-order valence-electron chi connectivity index (χ2n) is 11.1. The van der Waals surface area contributed by atoms with Crippen LogP contribution in [0.5, 0.6) is 0 Å². The highest BCUT2D eigenvalue weighted by molar-refractivity contribution is 6.13. The van der Waals surface area contributed by atoms with Crippen molar-refractivity contribution in [1.29, 1.82) is 0 Å². The molecule has 0 amide bonds. The highest BCUT2D eigenvalue weighted by atomic mass is 15.0. The average molecular weight is 541 g/mol. The van der Waals surface area contributed by atoms with Crippen LogP contribution >= 0.6 is 0 Å². The van der Waals surface area contributed by atoms with Crippen molar-refractivity contribution < 1.29 is 0 Å². The molecule has 0 radical (unpaired) electrons. The van der Waals surface area contributed by atoms with Crippen LogP contribution in [0, 0.1) is 0 Å². The molecule has 2 nitrogen and oxygen atoms in total. The van der Waals surface area contributed by atoms with Crippen molar-refractivity contribution in [1.82, 2.24) is 9.13 Å². The van der Waals surface area contributed by atoms with Gasteiger partial charge in [-0.05, 0) is 48.2 Å². The Bertz CT molecular complexity index is 2080. The van der Waals surface area contributed by atoms with Gasteiger partial charge in [0, 0.05) is 56.8 Å². The van der Waals surface area contributed by atoms with Gasteiger partial charge in [0.2, 0.25) is 0 Å². The van der Waals surface area contributed by atoms with E-state index in [1.54, 1.807) is 0 Å². The number of aromatic nitrogens is 2. The van der Waals surface area contributed by atoms with E-state index in [2.05, 4.69) is 156 Å². The Morgan fingerprint density at radius 2 is 0.714 bits per heavy atom. The molecule has 0 aliphatic rings. The van der Waals surface area contributed by atoms with Gasteiger partial charge in [-0.1, -0.05) is 121 Å². The lowest BCUT2D eigenvalue weighted by Gasteiger charge is -2.11. The summed E-state index contributed by atoms with van der Waals surface area (Å²) in [6.07, 6.45) is 0. The maximum Gasteiger partial charge on any atom is 0.0570 e. The summed E-state index contributed by atoms with van der Waals surface area (Å²) in [6, 6.07) is 49.0. The fourth-order valence-corrected chi connectivity index (χ4v) is 7.03. The number of aryl methyl sites for hydroxylation is 2. The zero-order valence-electron chi connectivity index (χ0n) is 24.0. The molecular weight excluding hydrogens is 508 g/mol. The topological polar surface area (TPSA) is 9.86 Å². The normalized spacial score (nSPS) is 11.8. The van der Waals surface area contributed by atoms with Crippen LogP contribution in [-0.4, -0.2) is 9.13 Å². The third-order valence-corrected chi connectivity index (χ3v) is 8.94. The monoisotopic (exact) mass is 540 g/mol. The van der Waals surface area contributed by atoms with Gasteiger partial charge in [-0.3, -0.25) is 0 Å². The van der Waals surface area contributed by atoms with Crippen LogP contribution in [-0.2, 0) is 13.1 Å². The fourth-order valence-electron chi connectivity index (χ4n) is 7.03. The summed E-state index contributed by atoms with van der Waals surface area (Å²) in [5, 5.41) is 5.29. The quantitative estimate of drug-likeness (QED) is 0.205. The SMILES string of the molecule is CCn1c2ccccc2c2cccc(-c3ccc(-c4ccc(-c5cccc6c7ccccc7n(CC)c56)cc4)cc3)c21. The first-order valence-electron chi connectivity index (χ1n) is 15.0. The Kier molecular flexibility index (Phi) is 5.75. The summed E-state index contributed by atoms with van der Waals surface area (Å²) in [5.41, 5.74) is 12.8. The molecule has 0 bridgehead atoms. The second kappa shape index (κ2) is 9.78.